The molecule has 4 heteroatoms. The number of likely N-dealkylation sites (N-methyl/N-ethyl adjacent to an activating group) is 1. The molecule has 0 unspecified atom stereocenters. The highest BCUT2D eigenvalue weighted by Crippen LogP contribution is 2.38. The molecule has 2 aromatic rings. The minimum Gasteiger partial charge on any atom is -0.307 e. The van der Waals surface area contributed by atoms with Crippen molar-refractivity contribution >= 4 is 23.5 Å². The smallest absolute Gasteiger partial charge is 0.258 e. The molecule has 2 aliphatic rings. The molecular formula is C20H13NO3. The molecule has 1 aliphatic carbocycles. The van der Waals surface area contributed by atoms with Gasteiger partial charge >= 0.3 is 0 Å². The number of carbonyl (C=O) groups is 3. The molecule has 4 nitrogen and oxygen atoms in total. The van der Waals surface area contributed by atoms with Gasteiger partial charge in [-0.1, -0.05) is 54.6 Å². The van der Waals surface area contributed by atoms with Gasteiger partial charge in [-0.25, -0.2) is 0 Å². The monoisotopic (exact) mass is 315 g/mol. The van der Waals surface area contributed by atoms with Gasteiger partial charge in [-0.15, -0.1) is 0 Å². The van der Waals surface area contributed by atoms with Crippen LogP contribution in [-0.4, -0.2) is 29.4 Å². The summed E-state index contributed by atoms with van der Waals surface area (Å²) in [6, 6.07) is 16.0. The molecule has 4 rings (SSSR count). The van der Waals surface area contributed by atoms with Crippen LogP contribution in [0.5, 0.6) is 0 Å². The molecule has 0 radical (unpaired) electrons. The van der Waals surface area contributed by atoms with Gasteiger partial charge in [0.2, 0.25) is 5.78 Å². The third kappa shape index (κ3) is 1.90. The Balaban J connectivity index is 1.94. The molecule has 0 saturated carbocycles. The predicted molar refractivity (Wildman–Crippen MR) is 89.3 cm³/mol. The lowest BCUT2D eigenvalue weighted by atomic mass is 9.85. The summed E-state index contributed by atoms with van der Waals surface area (Å²) in [6.07, 6.45) is 1.67. The van der Waals surface area contributed by atoms with E-state index in [9.17, 15) is 14.4 Å². The van der Waals surface area contributed by atoms with E-state index >= 15 is 0 Å². The van der Waals surface area contributed by atoms with Crippen LogP contribution in [0.3, 0.4) is 0 Å². The fourth-order valence-electron chi connectivity index (χ4n) is 3.17. The lowest BCUT2D eigenvalue weighted by molar-refractivity contribution is -0.122. The largest absolute Gasteiger partial charge is 0.307 e. The Hall–Kier alpha value is -3.27. The van der Waals surface area contributed by atoms with Crippen molar-refractivity contribution in [2.24, 2.45) is 0 Å². The van der Waals surface area contributed by atoms with Gasteiger partial charge in [0, 0.05) is 18.2 Å². The van der Waals surface area contributed by atoms with Crippen molar-refractivity contribution < 1.29 is 14.4 Å². The first-order chi connectivity index (χ1) is 11.6. The Kier molecular flexibility index (Phi) is 3.06. The van der Waals surface area contributed by atoms with Crippen molar-refractivity contribution in [2.75, 3.05) is 7.05 Å². The van der Waals surface area contributed by atoms with Gasteiger partial charge in [0.25, 0.3) is 5.91 Å². The van der Waals surface area contributed by atoms with Crippen LogP contribution in [0, 0.1) is 0 Å². The van der Waals surface area contributed by atoms with Crippen molar-refractivity contribution in [2.45, 2.75) is 0 Å². The van der Waals surface area contributed by atoms with Crippen LogP contribution >= 0.6 is 0 Å². The fourth-order valence-corrected chi connectivity index (χ4v) is 3.17. The Morgan fingerprint density at radius 3 is 2.04 bits per heavy atom. The van der Waals surface area contributed by atoms with Crippen molar-refractivity contribution in [3.8, 4) is 0 Å². The minimum atomic E-state index is -0.335. The summed E-state index contributed by atoms with van der Waals surface area (Å²) in [4.78, 5) is 39.6. The van der Waals surface area contributed by atoms with Gasteiger partial charge in [0.1, 0.15) is 5.70 Å². The number of fused-ring (bicyclic) bond motifs is 1. The van der Waals surface area contributed by atoms with E-state index in [1.165, 1.54) is 11.9 Å². The minimum absolute atomic E-state index is 0.172. The second kappa shape index (κ2) is 5.13. The highest BCUT2D eigenvalue weighted by Gasteiger charge is 2.44. The molecule has 24 heavy (non-hydrogen) atoms. The molecule has 1 aliphatic heterocycles. The highest BCUT2D eigenvalue weighted by atomic mass is 16.2. The van der Waals surface area contributed by atoms with E-state index in [1.807, 2.05) is 30.3 Å². The maximum atomic E-state index is 12.9. The zero-order valence-electron chi connectivity index (χ0n) is 12.9. The molecule has 0 bridgehead atoms. The van der Waals surface area contributed by atoms with E-state index in [-0.39, 0.29) is 34.3 Å². The zero-order chi connectivity index (χ0) is 16.8. The summed E-state index contributed by atoms with van der Waals surface area (Å²) >= 11 is 0. The van der Waals surface area contributed by atoms with E-state index < -0.39 is 0 Å². The average molecular weight is 315 g/mol. The fraction of sp³-hybridized carbons (Fsp3) is 0.0500. The molecule has 0 aromatic heterocycles. The number of ketones is 2. The second-order valence-corrected chi connectivity index (χ2v) is 5.76. The van der Waals surface area contributed by atoms with Crippen molar-refractivity contribution in [1.82, 2.24) is 4.90 Å². The van der Waals surface area contributed by atoms with E-state index in [1.54, 1.807) is 30.3 Å². The van der Waals surface area contributed by atoms with E-state index in [2.05, 4.69) is 0 Å². The van der Waals surface area contributed by atoms with Crippen LogP contribution in [0.15, 0.2) is 71.4 Å². The number of rotatable bonds is 1. The number of amides is 1. The van der Waals surface area contributed by atoms with Crippen LogP contribution in [0.2, 0.25) is 0 Å². The van der Waals surface area contributed by atoms with Crippen LogP contribution in [0.25, 0.3) is 6.08 Å². The molecule has 0 spiro atoms. The number of hydrogen-bond donors (Lipinski definition) is 0. The first-order valence-electron chi connectivity index (χ1n) is 7.57. The molecule has 0 saturated heterocycles. The normalized spacial score (nSPS) is 18.3. The van der Waals surface area contributed by atoms with Gasteiger partial charge in [-0.3, -0.25) is 14.4 Å². The van der Waals surface area contributed by atoms with E-state index in [4.69, 9.17) is 0 Å². The van der Waals surface area contributed by atoms with Crippen molar-refractivity contribution in [3.05, 3.63) is 88.1 Å². The topological polar surface area (TPSA) is 54.5 Å². The number of allylic oxidation sites excluding steroid dienone is 1. The van der Waals surface area contributed by atoms with Gasteiger partial charge in [0.15, 0.2) is 5.78 Å². The molecule has 116 valence electrons. The van der Waals surface area contributed by atoms with Crippen molar-refractivity contribution in [3.63, 3.8) is 0 Å². The van der Waals surface area contributed by atoms with Gasteiger partial charge < -0.3 is 4.90 Å². The summed E-state index contributed by atoms with van der Waals surface area (Å²) < 4.78 is 0. The first kappa shape index (κ1) is 14.3. The average Bonchev–Trinajstić information content (AvgIpc) is 2.86. The Bertz CT molecular complexity index is 967. The second-order valence-electron chi connectivity index (χ2n) is 5.76. The maximum Gasteiger partial charge on any atom is 0.258 e. The number of carbonyl (C=O) groups excluding carboxylic acids is 3. The number of hydrogen-bond acceptors (Lipinski definition) is 3. The predicted octanol–water partition coefficient (Wildman–Crippen LogP) is 2.88. The number of Topliss-reactive ketones (excluding diaryl/α,β-unsaturated/α-hetero) is 2. The van der Waals surface area contributed by atoms with E-state index in [0.29, 0.717) is 11.1 Å². The molecule has 1 heterocycles. The molecular weight excluding hydrogens is 302 g/mol. The van der Waals surface area contributed by atoms with Crippen LogP contribution < -0.4 is 0 Å². The Morgan fingerprint density at radius 2 is 1.38 bits per heavy atom. The van der Waals surface area contributed by atoms with Crippen LogP contribution in [0.1, 0.15) is 26.3 Å². The van der Waals surface area contributed by atoms with Gasteiger partial charge in [0.05, 0.1) is 11.1 Å². The van der Waals surface area contributed by atoms with Gasteiger partial charge in [-0.05, 0) is 11.6 Å². The third-order valence-corrected chi connectivity index (χ3v) is 4.35. The summed E-state index contributed by atoms with van der Waals surface area (Å²) in [5.74, 6) is -0.897. The van der Waals surface area contributed by atoms with Crippen LogP contribution in [-0.2, 0) is 4.79 Å². The molecule has 0 fully saturated rings. The Morgan fingerprint density at radius 1 is 0.792 bits per heavy atom. The lowest BCUT2D eigenvalue weighted by Gasteiger charge is -2.18. The van der Waals surface area contributed by atoms with Gasteiger partial charge in [-0.2, -0.15) is 0 Å². The number of benzene rings is 2. The molecule has 2 aromatic carbocycles. The molecule has 0 N–H and O–H groups in total. The quantitative estimate of drug-likeness (QED) is 0.760. The standard InChI is InChI=1S/C20H13NO3/c1-21-17-16(15(20(21)24)11-12-7-3-2-4-8-12)18(22)13-9-5-6-10-14(13)19(17)23/h2-11H,1H3/b15-11-. The van der Waals surface area contributed by atoms with E-state index in [0.717, 1.165) is 5.56 Å². The third-order valence-electron chi connectivity index (χ3n) is 4.35. The summed E-state index contributed by atoms with van der Waals surface area (Å²) in [5, 5.41) is 0. The lowest BCUT2D eigenvalue weighted by Crippen LogP contribution is -2.27. The molecule has 1 amide bonds. The SMILES string of the molecule is CN1C(=O)/C(=C\c2ccccc2)C2=C1C(=O)c1ccccc1C2=O. The maximum absolute atomic E-state index is 12.9. The zero-order valence-corrected chi connectivity index (χ0v) is 12.9. The number of nitrogens with zero attached hydrogens (tertiary/aromatic N) is 1. The summed E-state index contributed by atoms with van der Waals surface area (Å²) in [6.45, 7) is 0. The summed E-state index contributed by atoms with van der Waals surface area (Å²) in [5.41, 5.74) is 2.15. The first-order valence-corrected chi connectivity index (χ1v) is 7.57. The highest BCUT2D eigenvalue weighted by molar-refractivity contribution is 6.35. The Labute approximate surface area is 138 Å². The van der Waals surface area contributed by atoms with Crippen LogP contribution in [0.4, 0.5) is 0 Å². The summed E-state index contributed by atoms with van der Waals surface area (Å²) in [7, 11) is 1.53. The molecule has 0 atom stereocenters. The van der Waals surface area contributed by atoms with Crippen molar-refractivity contribution in [1.29, 1.82) is 0 Å².